The Labute approximate surface area is 164 Å². The molecule has 0 bridgehead atoms. The predicted octanol–water partition coefficient (Wildman–Crippen LogP) is 2.41. The molecule has 1 aliphatic rings. The summed E-state index contributed by atoms with van der Waals surface area (Å²) in [6, 6.07) is 5.14. The second-order valence-electron chi connectivity index (χ2n) is 8.12. The summed E-state index contributed by atoms with van der Waals surface area (Å²) in [5.41, 5.74) is 2.58. The fourth-order valence-electron chi connectivity index (χ4n) is 3.13. The zero-order valence-electron chi connectivity index (χ0n) is 16.5. The minimum Gasteiger partial charge on any atom is -0.872 e. The third kappa shape index (κ3) is 4.57. The number of thiophene rings is 1. The van der Waals surface area contributed by atoms with Crippen molar-refractivity contribution in [3.8, 4) is 5.75 Å². The van der Waals surface area contributed by atoms with E-state index >= 15 is 0 Å². The van der Waals surface area contributed by atoms with Crippen LogP contribution >= 0.6 is 11.3 Å². The first-order chi connectivity index (χ1) is 12.6. The van der Waals surface area contributed by atoms with Gasteiger partial charge in [-0.3, -0.25) is 0 Å². The molecule has 1 N–H and O–H groups in total. The van der Waals surface area contributed by atoms with Gasteiger partial charge in [0.15, 0.2) is 0 Å². The molecule has 27 heavy (non-hydrogen) atoms. The highest BCUT2D eigenvalue weighted by Crippen LogP contribution is 2.38. The number of aryl methyl sites for hydroxylation is 1. The SMILES string of the molecule is Cc1ccc([O-])c(/C=N\c2sc3c(c2C(=O)OC(C)(C)C)CC[NH+](C)C3)c1. The molecule has 0 spiro atoms. The van der Waals surface area contributed by atoms with Crippen LogP contribution in [0.25, 0.3) is 0 Å². The number of aliphatic imine (C=N–C) groups is 1. The van der Waals surface area contributed by atoms with Crippen molar-refractivity contribution in [1.29, 1.82) is 0 Å². The number of hydrogen-bond acceptors (Lipinski definition) is 5. The normalized spacial score (nSPS) is 17.1. The smallest absolute Gasteiger partial charge is 0.342 e. The summed E-state index contributed by atoms with van der Waals surface area (Å²) in [4.78, 5) is 20.0. The Morgan fingerprint density at radius 2 is 2.11 bits per heavy atom. The number of benzene rings is 1. The highest BCUT2D eigenvalue weighted by Gasteiger charge is 2.31. The van der Waals surface area contributed by atoms with Crippen LogP contribution in [-0.4, -0.2) is 31.4 Å². The van der Waals surface area contributed by atoms with Crippen molar-refractivity contribution in [2.45, 2.75) is 46.3 Å². The van der Waals surface area contributed by atoms with E-state index in [0.717, 1.165) is 30.6 Å². The summed E-state index contributed by atoms with van der Waals surface area (Å²) < 4.78 is 5.64. The average molecular weight is 387 g/mol. The number of fused-ring (bicyclic) bond motifs is 1. The van der Waals surface area contributed by atoms with E-state index in [9.17, 15) is 9.90 Å². The quantitative estimate of drug-likeness (QED) is 0.651. The molecule has 1 aromatic carbocycles. The van der Waals surface area contributed by atoms with Gasteiger partial charge in [0.1, 0.15) is 22.7 Å². The molecule has 6 heteroatoms. The third-order valence-corrected chi connectivity index (χ3v) is 5.57. The highest BCUT2D eigenvalue weighted by atomic mass is 32.1. The van der Waals surface area contributed by atoms with Gasteiger partial charge in [0.05, 0.1) is 18.5 Å². The zero-order chi connectivity index (χ0) is 19.8. The lowest BCUT2D eigenvalue weighted by atomic mass is 10.0. The first kappa shape index (κ1) is 19.6. The zero-order valence-corrected chi connectivity index (χ0v) is 17.3. The molecule has 1 atom stereocenters. The predicted molar refractivity (Wildman–Crippen MR) is 107 cm³/mol. The lowest BCUT2D eigenvalue weighted by molar-refractivity contribution is -0.895. The van der Waals surface area contributed by atoms with Gasteiger partial charge < -0.3 is 14.7 Å². The van der Waals surface area contributed by atoms with Gasteiger partial charge in [-0.1, -0.05) is 23.8 Å². The molecule has 0 amide bonds. The molecule has 1 aromatic heterocycles. The van der Waals surface area contributed by atoms with E-state index in [0.29, 0.717) is 16.1 Å². The number of nitrogens with one attached hydrogen (secondary N) is 1. The molecular weight excluding hydrogens is 360 g/mol. The maximum atomic E-state index is 12.9. The minimum absolute atomic E-state index is 0.0753. The summed E-state index contributed by atoms with van der Waals surface area (Å²) in [6.45, 7) is 9.38. The molecule has 0 saturated carbocycles. The summed E-state index contributed by atoms with van der Waals surface area (Å²) in [6.07, 6.45) is 2.40. The number of ether oxygens (including phenoxy) is 1. The Kier molecular flexibility index (Phi) is 5.40. The maximum Gasteiger partial charge on any atom is 0.342 e. The van der Waals surface area contributed by atoms with E-state index in [1.807, 2.05) is 33.8 Å². The van der Waals surface area contributed by atoms with Gasteiger partial charge >= 0.3 is 5.97 Å². The fourth-order valence-corrected chi connectivity index (χ4v) is 4.43. The third-order valence-electron chi connectivity index (χ3n) is 4.43. The van der Waals surface area contributed by atoms with Crippen LogP contribution in [0.1, 0.15) is 52.7 Å². The molecule has 144 valence electrons. The lowest BCUT2D eigenvalue weighted by Crippen LogP contribution is -3.08. The first-order valence-corrected chi connectivity index (χ1v) is 9.96. The number of quaternary nitrogens is 1. The lowest BCUT2D eigenvalue weighted by Gasteiger charge is -2.22. The van der Waals surface area contributed by atoms with Crippen LogP contribution in [0.2, 0.25) is 0 Å². The van der Waals surface area contributed by atoms with Crippen LogP contribution in [0.4, 0.5) is 5.00 Å². The van der Waals surface area contributed by atoms with E-state index in [1.54, 1.807) is 18.3 Å². The number of rotatable bonds is 3. The topological polar surface area (TPSA) is 66.2 Å². The Balaban J connectivity index is 2.02. The largest absolute Gasteiger partial charge is 0.872 e. The molecule has 0 saturated heterocycles. The second kappa shape index (κ2) is 7.44. The minimum atomic E-state index is -0.567. The maximum absolute atomic E-state index is 12.9. The van der Waals surface area contributed by atoms with E-state index in [-0.39, 0.29) is 11.7 Å². The molecule has 3 rings (SSSR count). The summed E-state index contributed by atoms with van der Waals surface area (Å²) in [5.74, 6) is -0.410. The van der Waals surface area contributed by atoms with Crippen LogP contribution < -0.4 is 10.0 Å². The van der Waals surface area contributed by atoms with Crippen LogP contribution in [0.5, 0.6) is 5.75 Å². The Hall–Kier alpha value is -2.18. The highest BCUT2D eigenvalue weighted by molar-refractivity contribution is 7.16. The monoisotopic (exact) mass is 386 g/mol. The van der Waals surface area contributed by atoms with Crippen molar-refractivity contribution < 1.29 is 19.5 Å². The molecule has 5 nitrogen and oxygen atoms in total. The van der Waals surface area contributed by atoms with Crippen molar-refractivity contribution in [1.82, 2.24) is 0 Å². The molecule has 2 heterocycles. The Morgan fingerprint density at radius 3 is 2.81 bits per heavy atom. The number of likely N-dealkylation sites (N-methyl/N-ethyl adjacent to an activating group) is 1. The number of nitrogens with zero attached hydrogens (tertiary/aromatic N) is 1. The van der Waals surface area contributed by atoms with E-state index in [4.69, 9.17) is 4.74 Å². The van der Waals surface area contributed by atoms with Crippen molar-refractivity contribution in [3.05, 3.63) is 45.3 Å². The van der Waals surface area contributed by atoms with Crippen molar-refractivity contribution >= 4 is 28.5 Å². The van der Waals surface area contributed by atoms with Gasteiger partial charge in [0, 0.05) is 12.6 Å². The van der Waals surface area contributed by atoms with E-state index in [2.05, 4.69) is 12.0 Å². The van der Waals surface area contributed by atoms with Gasteiger partial charge in [-0.15, -0.1) is 17.1 Å². The van der Waals surface area contributed by atoms with Crippen molar-refractivity contribution in [3.63, 3.8) is 0 Å². The Morgan fingerprint density at radius 1 is 1.37 bits per heavy atom. The van der Waals surface area contributed by atoms with Crippen LogP contribution in [-0.2, 0) is 17.7 Å². The molecule has 1 unspecified atom stereocenters. The molecule has 0 fully saturated rings. The number of esters is 1. The standard InChI is InChI=1S/C21H26N2O3S/c1-13-6-7-16(24)14(10-13)11-22-19-18(20(25)26-21(2,3)4)15-8-9-23(5)12-17(15)27-19/h6-7,10-11,24H,8-9,12H2,1-5H3/b22-11-. The van der Waals surface area contributed by atoms with Crippen LogP contribution in [0.15, 0.2) is 23.2 Å². The fraction of sp³-hybridized carbons (Fsp3) is 0.429. The van der Waals surface area contributed by atoms with Gasteiger partial charge in [0.2, 0.25) is 0 Å². The van der Waals surface area contributed by atoms with E-state index < -0.39 is 5.60 Å². The van der Waals surface area contributed by atoms with Gasteiger partial charge in [-0.25, -0.2) is 9.79 Å². The van der Waals surface area contributed by atoms with Gasteiger partial charge in [-0.2, -0.15) is 0 Å². The van der Waals surface area contributed by atoms with Gasteiger partial charge in [-0.05, 0) is 38.8 Å². The second-order valence-corrected chi connectivity index (χ2v) is 9.20. The number of carbonyl (C=O) groups excluding carboxylic acids is 1. The van der Waals surface area contributed by atoms with Crippen LogP contribution in [0, 0.1) is 6.92 Å². The molecule has 1 aliphatic heterocycles. The summed E-state index contributed by atoms with van der Waals surface area (Å²) in [7, 11) is 2.15. The summed E-state index contributed by atoms with van der Waals surface area (Å²) >= 11 is 1.53. The number of carbonyl (C=O) groups is 1. The number of hydrogen-bond donors (Lipinski definition) is 1. The Bertz CT molecular complexity index is 894. The molecular formula is C21H26N2O3S. The van der Waals surface area contributed by atoms with Crippen molar-refractivity contribution in [2.75, 3.05) is 13.6 Å². The molecule has 0 radical (unpaired) electrons. The summed E-state index contributed by atoms with van der Waals surface area (Å²) in [5, 5.41) is 12.7. The first-order valence-electron chi connectivity index (χ1n) is 9.15. The average Bonchev–Trinajstić information content (AvgIpc) is 2.91. The van der Waals surface area contributed by atoms with Crippen LogP contribution in [0.3, 0.4) is 0 Å². The van der Waals surface area contributed by atoms with Crippen molar-refractivity contribution in [2.24, 2.45) is 4.99 Å². The van der Waals surface area contributed by atoms with E-state index in [1.165, 1.54) is 21.1 Å². The molecule has 0 aliphatic carbocycles. The van der Waals surface area contributed by atoms with Gasteiger partial charge in [0.25, 0.3) is 0 Å². The molecule has 2 aromatic rings.